The molecule has 0 aliphatic heterocycles. The third-order valence-electron chi connectivity index (χ3n) is 6.32. The van der Waals surface area contributed by atoms with Crippen molar-refractivity contribution in [3.05, 3.63) is 94.0 Å². The van der Waals surface area contributed by atoms with Crippen LogP contribution in [-0.4, -0.2) is 56.6 Å². The highest BCUT2D eigenvalue weighted by molar-refractivity contribution is 9.10. The summed E-state index contributed by atoms with van der Waals surface area (Å²) in [6.45, 7) is 7.05. The average Bonchev–Trinajstić information content (AvgIpc) is 2.89. The fraction of sp³-hybridized carbons (Fsp3) is 0.355. The number of carbonyl (C=O) groups excluding carboxylic acids is 2. The quantitative estimate of drug-likeness (QED) is 0.314. The number of ether oxygens (including phenoxy) is 1. The maximum Gasteiger partial charge on any atom is 0.244 e. The summed E-state index contributed by atoms with van der Waals surface area (Å²) in [7, 11) is -2.46. The first-order valence-electron chi connectivity index (χ1n) is 13.2. The lowest BCUT2D eigenvalue weighted by Gasteiger charge is -2.35. The zero-order chi connectivity index (χ0) is 30.4. The molecule has 0 aliphatic rings. The van der Waals surface area contributed by atoms with Crippen molar-refractivity contribution >= 4 is 43.5 Å². The molecule has 0 aromatic heterocycles. The van der Waals surface area contributed by atoms with Crippen molar-refractivity contribution < 1.29 is 22.7 Å². The summed E-state index contributed by atoms with van der Waals surface area (Å²) in [5.41, 5.74) is 2.18. The number of hydrogen-bond donors (Lipinski definition) is 1. The van der Waals surface area contributed by atoms with Gasteiger partial charge in [0.05, 0.1) is 19.1 Å². The van der Waals surface area contributed by atoms with Crippen LogP contribution in [0, 0.1) is 6.92 Å². The number of rotatable bonds is 11. The topological polar surface area (TPSA) is 96.0 Å². The van der Waals surface area contributed by atoms with Crippen LogP contribution >= 0.6 is 15.9 Å². The molecule has 0 spiro atoms. The monoisotopic (exact) mass is 643 g/mol. The molecule has 0 radical (unpaired) electrons. The molecule has 1 atom stereocenters. The molecule has 3 aromatic rings. The summed E-state index contributed by atoms with van der Waals surface area (Å²) in [4.78, 5) is 29.5. The Hall–Kier alpha value is -3.37. The van der Waals surface area contributed by atoms with E-state index in [9.17, 15) is 18.0 Å². The van der Waals surface area contributed by atoms with Gasteiger partial charge in [-0.15, -0.1) is 0 Å². The van der Waals surface area contributed by atoms with E-state index in [1.54, 1.807) is 18.2 Å². The highest BCUT2D eigenvalue weighted by Gasteiger charge is 2.35. The van der Waals surface area contributed by atoms with Crippen molar-refractivity contribution in [1.29, 1.82) is 0 Å². The molecule has 1 N–H and O–H groups in total. The van der Waals surface area contributed by atoms with Crippen LogP contribution in [0.1, 0.15) is 37.5 Å². The van der Waals surface area contributed by atoms with E-state index >= 15 is 0 Å². The van der Waals surface area contributed by atoms with Crippen molar-refractivity contribution in [1.82, 2.24) is 10.2 Å². The summed E-state index contributed by atoms with van der Waals surface area (Å²) in [5, 5.41) is 3.02. The van der Waals surface area contributed by atoms with E-state index in [4.69, 9.17) is 4.74 Å². The predicted octanol–water partition coefficient (Wildman–Crippen LogP) is 5.09. The van der Waals surface area contributed by atoms with E-state index < -0.39 is 34.1 Å². The molecule has 220 valence electrons. The number of halogens is 1. The zero-order valence-electron chi connectivity index (χ0n) is 24.3. The van der Waals surface area contributed by atoms with Gasteiger partial charge in [-0.3, -0.25) is 13.9 Å². The van der Waals surface area contributed by atoms with E-state index in [0.29, 0.717) is 5.75 Å². The van der Waals surface area contributed by atoms with Gasteiger partial charge in [0.2, 0.25) is 21.8 Å². The fourth-order valence-corrected chi connectivity index (χ4v) is 5.49. The minimum Gasteiger partial charge on any atom is -0.495 e. The molecule has 8 nitrogen and oxygen atoms in total. The maximum atomic E-state index is 14.2. The van der Waals surface area contributed by atoms with Gasteiger partial charge in [-0.1, -0.05) is 64.5 Å². The van der Waals surface area contributed by atoms with Crippen LogP contribution in [0.4, 0.5) is 5.69 Å². The lowest BCUT2D eigenvalue weighted by molar-refractivity contribution is -0.140. The van der Waals surface area contributed by atoms with Crippen LogP contribution in [0.2, 0.25) is 0 Å². The summed E-state index contributed by atoms with van der Waals surface area (Å²) in [6.07, 6.45) is 1.30. The number of aryl methyl sites for hydroxylation is 1. The molecule has 3 rings (SSSR count). The minimum atomic E-state index is -3.91. The van der Waals surface area contributed by atoms with Gasteiger partial charge in [0.15, 0.2) is 0 Å². The first kappa shape index (κ1) is 32.1. The van der Waals surface area contributed by atoms with Crippen LogP contribution in [0.15, 0.2) is 77.3 Å². The summed E-state index contributed by atoms with van der Waals surface area (Å²) >= 11 is 3.44. The maximum absolute atomic E-state index is 14.2. The molecule has 41 heavy (non-hydrogen) atoms. The van der Waals surface area contributed by atoms with Gasteiger partial charge < -0.3 is 15.0 Å². The number of benzene rings is 3. The Morgan fingerprint density at radius 3 is 2.17 bits per heavy atom. The summed E-state index contributed by atoms with van der Waals surface area (Å²) in [5.74, 6) is -0.530. The third kappa shape index (κ3) is 9.33. The molecule has 0 fully saturated rings. The van der Waals surface area contributed by atoms with E-state index in [1.807, 2.05) is 82.3 Å². The van der Waals surface area contributed by atoms with Gasteiger partial charge in [0, 0.05) is 23.0 Å². The second-order valence-electron chi connectivity index (χ2n) is 11.0. The van der Waals surface area contributed by atoms with Gasteiger partial charge in [0.25, 0.3) is 0 Å². The van der Waals surface area contributed by atoms with Crippen molar-refractivity contribution in [3.63, 3.8) is 0 Å². The van der Waals surface area contributed by atoms with Gasteiger partial charge in [-0.05, 0) is 68.7 Å². The van der Waals surface area contributed by atoms with Crippen LogP contribution in [-0.2, 0) is 32.6 Å². The number of anilines is 1. The van der Waals surface area contributed by atoms with E-state index in [0.717, 1.165) is 31.7 Å². The Balaban J connectivity index is 2.11. The van der Waals surface area contributed by atoms with Crippen molar-refractivity contribution in [3.8, 4) is 5.75 Å². The van der Waals surface area contributed by atoms with Crippen LogP contribution in [0.3, 0.4) is 0 Å². The lowest BCUT2D eigenvalue weighted by Crippen LogP contribution is -2.56. The molecule has 0 saturated heterocycles. The van der Waals surface area contributed by atoms with E-state index in [2.05, 4.69) is 21.2 Å². The molecule has 3 aromatic carbocycles. The Morgan fingerprint density at radius 1 is 0.976 bits per heavy atom. The first-order chi connectivity index (χ1) is 19.2. The number of carbonyl (C=O) groups is 2. The van der Waals surface area contributed by atoms with Gasteiger partial charge in [-0.2, -0.15) is 0 Å². The van der Waals surface area contributed by atoms with Crippen molar-refractivity contribution in [2.75, 3.05) is 24.2 Å². The Kier molecular flexibility index (Phi) is 10.6. The second-order valence-corrected chi connectivity index (χ2v) is 13.9. The van der Waals surface area contributed by atoms with Crippen LogP contribution in [0.25, 0.3) is 0 Å². The number of sulfonamides is 1. The van der Waals surface area contributed by atoms with E-state index in [-0.39, 0.29) is 24.6 Å². The highest BCUT2D eigenvalue weighted by Crippen LogP contribution is 2.31. The summed E-state index contributed by atoms with van der Waals surface area (Å²) < 4.78 is 33.5. The summed E-state index contributed by atoms with van der Waals surface area (Å²) in [6, 6.07) is 21.1. The molecule has 0 unspecified atom stereocenters. The smallest absolute Gasteiger partial charge is 0.244 e. The van der Waals surface area contributed by atoms with Crippen molar-refractivity contribution in [2.24, 2.45) is 0 Å². The normalized spacial score (nSPS) is 12.4. The predicted molar refractivity (Wildman–Crippen MR) is 166 cm³/mol. The molecular formula is C31H38BrN3O5S. The molecule has 0 heterocycles. The van der Waals surface area contributed by atoms with Gasteiger partial charge >= 0.3 is 0 Å². The highest BCUT2D eigenvalue weighted by atomic mass is 79.9. The molecule has 2 amide bonds. The fourth-order valence-electron chi connectivity index (χ4n) is 4.38. The Labute approximate surface area is 251 Å². The number of amides is 2. The number of hydrogen-bond acceptors (Lipinski definition) is 5. The molecule has 0 bridgehead atoms. The van der Waals surface area contributed by atoms with Crippen molar-refractivity contribution in [2.45, 2.75) is 52.2 Å². The Morgan fingerprint density at radius 2 is 1.61 bits per heavy atom. The second kappa shape index (κ2) is 13.5. The average molecular weight is 645 g/mol. The van der Waals surface area contributed by atoms with E-state index in [1.165, 1.54) is 12.0 Å². The number of methoxy groups -OCH3 is 1. The van der Waals surface area contributed by atoms with Crippen LogP contribution < -0.4 is 14.4 Å². The van der Waals surface area contributed by atoms with Crippen LogP contribution in [0.5, 0.6) is 5.75 Å². The zero-order valence-corrected chi connectivity index (χ0v) is 26.8. The third-order valence-corrected chi connectivity index (χ3v) is 7.97. The number of nitrogens with zero attached hydrogens (tertiary/aromatic N) is 2. The lowest BCUT2D eigenvalue weighted by atomic mass is 10.0. The molecule has 0 saturated carbocycles. The van der Waals surface area contributed by atoms with Gasteiger partial charge in [0.1, 0.15) is 18.3 Å². The number of nitrogens with one attached hydrogen (secondary N) is 1. The SMILES string of the molecule is COc1ccc(C)cc1N(CC(=O)N(Cc1ccc(Br)cc1)[C@H](Cc1ccccc1)C(=O)NC(C)(C)C)S(C)(=O)=O. The molecular weight excluding hydrogens is 606 g/mol. The Bertz CT molecular complexity index is 1460. The first-order valence-corrected chi connectivity index (χ1v) is 15.8. The molecule has 0 aliphatic carbocycles. The standard InChI is InChI=1S/C31H38BrN3O5S/c1-22-12-17-28(40-5)26(18-22)35(41(6,38)39)21-29(36)34(20-24-13-15-25(32)16-14-24)27(30(37)33-31(2,3)4)19-23-10-8-7-9-11-23/h7-18,27H,19-21H2,1-6H3,(H,33,37)/t27-/m1/s1. The molecule has 10 heteroatoms. The minimum absolute atomic E-state index is 0.101. The largest absolute Gasteiger partial charge is 0.495 e. The van der Waals surface area contributed by atoms with Gasteiger partial charge in [-0.25, -0.2) is 8.42 Å².